The Balaban J connectivity index is 0. The van der Waals surface area contributed by atoms with E-state index in [-0.39, 0.29) is 55.0 Å². The second-order valence-electron chi connectivity index (χ2n) is 15.9. The van der Waals surface area contributed by atoms with E-state index < -0.39 is 18.0 Å². The molecule has 0 saturated heterocycles. The van der Waals surface area contributed by atoms with Crippen molar-refractivity contribution in [1.82, 2.24) is 16.0 Å². The summed E-state index contributed by atoms with van der Waals surface area (Å²) in [6, 6.07) is -0.760. The second kappa shape index (κ2) is 46.5. The fourth-order valence-corrected chi connectivity index (χ4v) is 6.41. The topological polar surface area (TPSA) is 233 Å². The first-order chi connectivity index (χ1) is 30.4. The smallest absolute Gasteiger partial charge is 0.326 e. The van der Waals surface area contributed by atoms with E-state index in [1.54, 1.807) is 13.8 Å². The van der Waals surface area contributed by atoms with E-state index in [1.165, 1.54) is 51.4 Å². The van der Waals surface area contributed by atoms with Crippen LogP contribution in [0.5, 0.6) is 0 Å². The number of hydrogen-bond acceptors (Lipinski definition) is 11. The number of carbonyl (C=O) groups is 7. The van der Waals surface area contributed by atoms with Crippen LogP contribution < -0.4 is 16.0 Å². The molecule has 0 rings (SSSR count). The number of Topliss-reactive ketones (excluding diaryl/α,β-unsaturated/α-hetero) is 2. The summed E-state index contributed by atoms with van der Waals surface area (Å²) < 4.78 is 21.2. The van der Waals surface area contributed by atoms with Crippen molar-refractivity contribution in [2.75, 3.05) is 65.9 Å². The number of nitrogens with one attached hydrogen (secondary N) is 3. The normalized spacial score (nSPS) is 11.8. The number of aliphatic carboxylic acids is 2. The van der Waals surface area contributed by atoms with Gasteiger partial charge in [0.25, 0.3) is 0 Å². The molecule has 0 aromatic carbocycles. The first kappa shape index (κ1) is 61.6. The fourth-order valence-electron chi connectivity index (χ4n) is 6.41. The Hall–Kier alpha value is -3.47. The molecule has 0 aliphatic rings. The Kier molecular flexibility index (Phi) is 45.5. The van der Waals surface area contributed by atoms with Gasteiger partial charge in [0.05, 0.1) is 33.0 Å². The van der Waals surface area contributed by atoms with E-state index in [4.69, 9.17) is 29.2 Å². The molecule has 0 aromatic heterocycles. The summed E-state index contributed by atoms with van der Waals surface area (Å²) in [6.45, 7) is 10.3. The average molecular weight is 902 g/mol. The van der Waals surface area contributed by atoms with Crippen molar-refractivity contribution in [1.29, 1.82) is 0 Å². The third-order valence-corrected chi connectivity index (χ3v) is 10.4. The molecule has 0 heterocycles. The fraction of sp³-hybridized carbons (Fsp3) is 0.851. The van der Waals surface area contributed by atoms with Crippen LogP contribution in [0.2, 0.25) is 0 Å². The lowest BCUT2D eigenvalue weighted by Gasteiger charge is -2.11. The lowest BCUT2D eigenvalue weighted by atomic mass is 9.95. The number of ketones is 2. The molecule has 0 saturated carbocycles. The maximum absolute atomic E-state index is 11.7. The molecule has 0 aliphatic heterocycles. The molecule has 0 aromatic rings. The Morgan fingerprint density at radius 1 is 0.476 bits per heavy atom. The quantitative estimate of drug-likeness (QED) is 0.0384. The van der Waals surface area contributed by atoms with Gasteiger partial charge in [0.2, 0.25) is 17.7 Å². The average Bonchev–Trinajstić information content (AvgIpc) is 3.25. The van der Waals surface area contributed by atoms with E-state index in [0.29, 0.717) is 84.6 Å². The van der Waals surface area contributed by atoms with Gasteiger partial charge in [0, 0.05) is 51.3 Å². The standard InChI is InChI=1S/C25H46N2O8.C22H41NO5/c1-4-22(21(3)28)9-6-7-11-26-24(30)19-35-18-16-33-14-12-27-25(31)20-34-17-15-32-13-8-10-23(29)5-2;1-2-19(22(27)28)23-20(24)17-15-13-11-9-7-5-3-4-6-8-10-12-14-16-18-21(25)26/h22H,4-20H2,1-3H3,(H,26,30)(H,27,31);19H,2-18H2,1H3,(H,23,24)(H,25,26)(H,27,28)/t22-;19-/m00/s1. The summed E-state index contributed by atoms with van der Waals surface area (Å²) in [5, 5.41) is 25.5. The summed E-state index contributed by atoms with van der Waals surface area (Å²) in [5.74, 6) is -1.63. The maximum atomic E-state index is 11.7. The molecule has 0 unspecified atom stereocenters. The highest BCUT2D eigenvalue weighted by Gasteiger charge is 2.17. The van der Waals surface area contributed by atoms with Crippen molar-refractivity contribution in [3.63, 3.8) is 0 Å². The third kappa shape index (κ3) is 46.3. The number of hydrogen-bond donors (Lipinski definition) is 5. The first-order valence-electron chi connectivity index (χ1n) is 24.0. The van der Waals surface area contributed by atoms with E-state index in [1.807, 2.05) is 13.8 Å². The molecular formula is C47H87N3O13. The number of rotatable bonds is 45. The molecule has 0 aliphatic carbocycles. The molecule has 0 radical (unpaired) electrons. The largest absolute Gasteiger partial charge is 0.481 e. The molecule has 3 amide bonds. The predicted octanol–water partition coefficient (Wildman–Crippen LogP) is 7.12. The van der Waals surface area contributed by atoms with Crippen molar-refractivity contribution in [3.8, 4) is 0 Å². The molecule has 368 valence electrons. The number of ether oxygens (including phenoxy) is 4. The van der Waals surface area contributed by atoms with Crippen molar-refractivity contribution < 1.29 is 62.7 Å². The minimum Gasteiger partial charge on any atom is -0.481 e. The van der Waals surface area contributed by atoms with Gasteiger partial charge in [-0.15, -0.1) is 0 Å². The molecule has 16 nitrogen and oxygen atoms in total. The minimum atomic E-state index is -0.966. The summed E-state index contributed by atoms with van der Waals surface area (Å²) in [5.41, 5.74) is 0. The number of carboxylic acids is 2. The zero-order valence-corrected chi connectivity index (χ0v) is 39.6. The molecule has 0 spiro atoms. The van der Waals surface area contributed by atoms with Gasteiger partial charge >= 0.3 is 11.9 Å². The zero-order valence-electron chi connectivity index (χ0n) is 39.6. The van der Waals surface area contributed by atoms with Gasteiger partial charge < -0.3 is 45.1 Å². The molecule has 5 N–H and O–H groups in total. The van der Waals surface area contributed by atoms with Crippen molar-refractivity contribution >= 4 is 41.2 Å². The highest BCUT2D eigenvalue weighted by Crippen LogP contribution is 2.15. The lowest BCUT2D eigenvalue weighted by molar-refractivity contribution is -0.142. The van der Waals surface area contributed by atoms with Gasteiger partial charge in [-0.05, 0) is 51.9 Å². The predicted molar refractivity (Wildman–Crippen MR) is 244 cm³/mol. The van der Waals surface area contributed by atoms with E-state index in [9.17, 15) is 33.6 Å². The van der Waals surface area contributed by atoms with Crippen LogP contribution >= 0.6 is 0 Å². The second-order valence-corrected chi connectivity index (χ2v) is 15.9. The van der Waals surface area contributed by atoms with Crippen molar-refractivity contribution in [2.24, 2.45) is 5.92 Å². The van der Waals surface area contributed by atoms with Crippen LogP contribution in [0, 0.1) is 5.92 Å². The molecule has 63 heavy (non-hydrogen) atoms. The first-order valence-corrected chi connectivity index (χ1v) is 24.0. The number of carbonyl (C=O) groups excluding carboxylic acids is 5. The summed E-state index contributed by atoms with van der Waals surface area (Å²) >= 11 is 0. The van der Waals surface area contributed by atoms with Crippen LogP contribution in [0.15, 0.2) is 0 Å². The van der Waals surface area contributed by atoms with E-state index >= 15 is 0 Å². The molecule has 2 atom stereocenters. The molecule has 16 heteroatoms. The summed E-state index contributed by atoms with van der Waals surface area (Å²) in [4.78, 5) is 78.8. The van der Waals surface area contributed by atoms with Crippen molar-refractivity contribution in [2.45, 2.75) is 188 Å². The summed E-state index contributed by atoms with van der Waals surface area (Å²) in [7, 11) is 0. The maximum Gasteiger partial charge on any atom is 0.326 e. The van der Waals surface area contributed by atoms with Gasteiger partial charge in [-0.2, -0.15) is 0 Å². The Morgan fingerprint density at radius 3 is 1.41 bits per heavy atom. The van der Waals surface area contributed by atoms with Gasteiger partial charge in [-0.1, -0.05) is 104 Å². The number of carboxylic acid groups (broad SMARTS) is 2. The lowest BCUT2D eigenvalue weighted by Crippen LogP contribution is -2.40. The van der Waals surface area contributed by atoms with Crippen LogP contribution in [0.4, 0.5) is 0 Å². The zero-order chi connectivity index (χ0) is 47.2. The molecule has 0 fully saturated rings. The minimum absolute atomic E-state index is 0.0248. The van der Waals surface area contributed by atoms with Crippen LogP contribution in [-0.2, 0) is 52.5 Å². The van der Waals surface area contributed by atoms with E-state index in [2.05, 4.69) is 16.0 Å². The van der Waals surface area contributed by atoms with Crippen molar-refractivity contribution in [3.05, 3.63) is 0 Å². The summed E-state index contributed by atoms with van der Waals surface area (Å²) in [6.07, 6.45) is 22.5. The van der Waals surface area contributed by atoms with Gasteiger partial charge in [-0.25, -0.2) is 4.79 Å². The highest BCUT2D eigenvalue weighted by atomic mass is 16.5. The number of unbranched alkanes of at least 4 members (excludes halogenated alkanes) is 14. The SMILES string of the molecule is CCC(=O)CCCOCCOCC(=O)NCCOCCOCC(=O)NCCCC[C@H](CC)C(C)=O.CC[C@H](NC(=O)CCCCCCCCCCCCCCCCC(=O)O)C(=O)O. The van der Waals surface area contributed by atoms with Crippen LogP contribution in [-0.4, -0.2) is 123 Å². The molecule has 0 bridgehead atoms. The van der Waals surface area contributed by atoms with Gasteiger partial charge in [-0.3, -0.25) is 28.8 Å². The Bertz CT molecular complexity index is 1190. The monoisotopic (exact) mass is 902 g/mol. The van der Waals surface area contributed by atoms with Gasteiger partial charge in [0.1, 0.15) is 30.8 Å². The third-order valence-electron chi connectivity index (χ3n) is 10.4. The molecular weight excluding hydrogens is 815 g/mol. The van der Waals surface area contributed by atoms with Crippen LogP contribution in [0.1, 0.15) is 182 Å². The number of amides is 3. The highest BCUT2D eigenvalue weighted by molar-refractivity contribution is 5.83. The van der Waals surface area contributed by atoms with E-state index in [0.717, 1.165) is 64.2 Å². The van der Waals surface area contributed by atoms with Crippen LogP contribution in [0.25, 0.3) is 0 Å². The van der Waals surface area contributed by atoms with Gasteiger partial charge in [0.15, 0.2) is 0 Å². The van der Waals surface area contributed by atoms with Crippen LogP contribution in [0.3, 0.4) is 0 Å². The Labute approximate surface area is 378 Å². The Morgan fingerprint density at radius 2 is 0.952 bits per heavy atom.